The summed E-state index contributed by atoms with van der Waals surface area (Å²) in [5.74, 6) is 0.873. The highest BCUT2D eigenvalue weighted by Crippen LogP contribution is 2.59. The molecule has 4 nitrogen and oxygen atoms in total. The number of aromatic hydroxyl groups is 1. The van der Waals surface area contributed by atoms with Crippen LogP contribution in [-0.2, 0) is 11.8 Å². The number of likely N-dealkylation sites (N-methyl/N-ethyl adjacent to an activating group) is 1. The van der Waals surface area contributed by atoms with Gasteiger partial charge in [-0.3, -0.25) is 4.90 Å². The SMILES string of the molecule is COc1cc2c3c(c1O)C1(C=CC(O)CC1)CC3N(C)CC2. The van der Waals surface area contributed by atoms with Crippen LogP contribution in [0.25, 0.3) is 0 Å². The molecule has 0 bridgehead atoms. The molecule has 1 aromatic carbocycles. The molecule has 0 fully saturated rings. The molecule has 1 spiro atoms. The highest BCUT2D eigenvalue weighted by molar-refractivity contribution is 5.63. The van der Waals surface area contributed by atoms with Crippen molar-refractivity contribution in [3.05, 3.63) is 34.9 Å². The van der Waals surface area contributed by atoms with Gasteiger partial charge in [0.25, 0.3) is 0 Å². The molecule has 0 radical (unpaired) electrons. The Bertz CT molecular complexity index is 654. The number of methoxy groups -OCH3 is 1. The fourth-order valence-corrected chi connectivity index (χ4v) is 4.60. The van der Waals surface area contributed by atoms with Gasteiger partial charge in [0.1, 0.15) is 0 Å². The summed E-state index contributed by atoms with van der Waals surface area (Å²) in [6.45, 7) is 1.04. The van der Waals surface area contributed by atoms with Crippen LogP contribution in [0.3, 0.4) is 0 Å². The van der Waals surface area contributed by atoms with E-state index in [2.05, 4.69) is 18.0 Å². The number of hydrogen-bond donors (Lipinski definition) is 2. The minimum Gasteiger partial charge on any atom is -0.504 e. The number of fused-ring (bicyclic) bond motifs is 1. The molecule has 4 rings (SSSR count). The Morgan fingerprint density at radius 2 is 2.23 bits per heavy atom. The second kappa shape index (κ2) is 4.74. The molecule has 4 heteroatoms. The molecule has 3 atom stereocenters. The first-order valence-electron chi connectivity index (χ1n) is 8.06. The molecule has 0 amide bonds. The number of phenols is 1. The van der Waals surface area contributed by atoms with E-state index in [0.717, 1.165) is 37.8 Å². The zero-order chi connectivity index (χ0) is 15.5. The third-order valence-corrected chi connectivity index (χ3v) is 5.79. The Kier molecular flexibility index (Phi) is 3.03. The van der Waals surface area contributed by atoms with Crippen LogP contribution in [-0.4, -0.2) is 41.9 Å². The van der Waals surface area contributed by atoms with Gasteiger partial charge in [-0.2, -0.15) is 0 Å². The first-order valence-corrected chi connectivity index (χ1v) is 8.06. The van der Waals surface area contributed by atoms with E-state index < -0.39 is 0 Å². The zero-order valence-electron chi connectivity index (χ0n) is 13.2. The lowest BCUT2D eigenvalue weighted by molar-refractivity contribution is 0.172. The van der Waals surface area contributed by atoms with Crippen LogP contribution >= 0.6 is 0 Å². The summed E-state index contributed by atoms with van der Waals surface area (Å²) in [5, 5.41) is 20.6. The number of hydrogen-bond acceptors (Lipinski definition) is 4. The maximum atomic E-state index is 10.8. The van der Waals surface area contributed by atoms with Gasteiger partial charge in [0.2, 0.25) is 0 Å². The Morgan fingerprint density at radius 3 is 2.91 bits per heavy atom. The number of aliphatic hydroxyl groups is 1. The van der Waals surface area contributed by atoms with E-state index in [1.807, 2.05) is 12.1 Å². The predicted molar refractivity (Wildman–Crippen MR) is 84.4 cm³/mol. The molecule has 0 saturated carbocycles. The maximum absolute atomic E-state index is 10.8. The number of nitrogens with zero attached hydrogens (tertiary/aromatic N) is 1. The smallest absolute Gasteiger partial charge is 0.162 e. The van der Waals surface area contributed by atoms with Gasteiger partial charge < -0.3 is 14.9 Å². The summed E-state index contributed by atoms with van der Waals surface area (Å²) >= 11 is 0. The standard InChI is InChI=1S/C18H23NO3/c1-19-8-5-11-9-14(22-2)17(21)16-15(11)13(19)10-18(16)6-3-12(20)4-7-18/h3,6,9,12-13,20-21H,4-5,7-8,10H2,1-2H3. The minimum atomic E-state index is -0.358. The lowest BCUT2D eigenvalue weighted by Crippen LogP contribution is -2.32. The summed E-state index contributed by atoms with van der Waals surface area (Å²) < 4.78 is 5.42. The first kappa shape index (κ1) is 14.1. The van der Waals surface area contributed by atoms with Gasteiger partial charge >= 0.3 is 0 Å². The summed E-state index contributed by atoms with van der Waals surface area (Å²) in [7, 11) is 3.78. The van der Waals surface area contributed by atoms with Crippen molar-refractivity contribution < 1.29 is 14.9 Å². The van der Waals surface area contributed by atoms with Gasteiger partial charge in [-0.05, 0) is 49.9 Å². The van der Waals surface area contributed by atoms with Gasteiger partial charge in [0.05, 0.1) is 13.2 Å². The first-order chi connectivity index (χ1) is 10.6. The molecule has 118 valence electrons. The van der Waals surface area contributed by atoms with Crippen molar-refractivity contribution in [3.8, 4) is 11.5 Å². The van der Waals surface area contributed by atoms with Crippen LogP contribution in [0, 0.1) is 0 Å². The molecule has 2 aliphatic carbocycles. The molecular weight excluding hydrogens is 278 g/mol. The van der Waals surface area contributed by atoms with Crippen LogP contribution in [0.5, 0.6) is 11.5 Å². The van der Waals surface area contributed by atoms with Gasteiger partial charge in [0.15, 0.2) is 11.5 Å². The Hall–Kier alpha value is -1.52. The number of rotatable bonds is 1. The lowest BCUT2D eigenvalue weighted by atomic mass is 9.73. The lowest BCUT2D eigenvalue weighted by Gasteiger charge is -2.33. The normalized spacial score (nSPS) is 33.2. The fraction of sp³-hybridized carbons (Fsp3) is 0.556. The Labute approximate surface area is 131 Å². The van der Waals surface area contributed by atoms with Crippen molar-refractivity contribution in [2.75, 3.05) is 20.7 Å². The number of aliphatic hydroxyl groups excluding tert-OH is 1. The van der Waals surface area contributed by atoms with Crippen molar-refractivity contribution in [2.45, 2.75) is 43.2 Å². The number of allylic oxidation sites excluding steroid dienone is 1. The van der Waals surface area contributed by atoms with Gasteiger partial charge in [-0.15, -0.1) is 0 Å². The molecule has 1 aliphatic heterocycles. The summed E-state index contributed by atoms with van der Waals surface area (Å²) in [6, 6.07) is 2.37. The molecule has 3 unspecified atom stereocenters. The second-order valence-corrected chi connectivity index (χ2v) is 6.95. The Morgan fingerprint density at radius 1 is 1.41 bits per heavy atom. The largest absolute Gasteiger partial charge is 0.504 e. The van der Waals surface area contributed by atoms with E-state index in [9.17, 15) is 10.2 Å². The van der Waals surface area contributed by atoms with Crippen LogP contribution in [0.4, 0.5) is 0 Å². The van der Waals surface area contributed by atoms with E-state index in [-0.39, 0.29) is 11.5 Å². The van der Waals surface area contributed by atoms with Gasteiger partial charge in [-0.1, -0.05) is 12.2 Å². The van der Waals surface area contributed by atoms with Crippen LogP contribution < -0.4 is 4.74 Å². The van der Waals surface area contributed by atoms with Crippen molar-refractivity contribution in [1.29, 1.82) is 0 Å². The van der Waals surface area contributed by atoms with E-state index in [1.165, 1.54) is 11.1 Å². The maximum Gasteiger partial charge on any atom is 0.162 e. The molecule has 1 heterocycles. The summed E-state index contributed by atoms with van der Waals surface area (Å²) in [4.78, 5) is 2.39. The van der Waals surface area contributed by atoms with Crippen LogP contribution in [0.2, 0.25) is 0 Å². The number of phenolic OH excluding ortho intramolecular Hbond substituents is 1. The molecule has 3 aliphatic rings. The highest BCUT2D eigenvalue weighted by atomic mass is 16.5. The summed E-state index contributed by atoms with van der Waals surface area (Å²) in [5.41, 5.74) is 3.49. The molecular formula is C18H23NO3. The highest BCUT2D eigenvalue weighted by Gasteiger charge is 2.49. The molecule has 2 N–H and O–H groups in total. The molecule has 0 aromatic heterocycles. The molecule has 0 saturated heterocycles. The third kappa shape index (κ3) is 1.77. The van der Waals surface area contributed by atoms with Crippen molar-refractivity contribution in [1.82, 2.24) is 4.90 Å². The van der Waals surface area contributed by atoms with Crippen molar-refractivity contribution in [2.24, 2.45) is 0 Å². The quantitative estimate of drug-likeness (QED) is 0.782. The third-order valence-electron chi connectivity index (χ3n) is 5.79. The van der Waals surface area contributed by atoms with Crippen LogP contribution in [0.1, 0.15) is 42.0 Å². The topological polar surface area (TPSA) is 52.9 Å². The van der Waals surface area contributed by atoms with Gasteiger partial charge in [-0.25, -0.2) is 0 Å². The van der Waals surface area contributed by atoms with E-state index in [1.54, 1.807) is 7.11 Å². The zero-order valence-corrected chi connectivity index (χ0v) is 13.2. The minimum absolute atomic E-state index is 0.162. The fourth-order valence-electron chi connectivity index (χ4n) is 4.60. The molecule has 22 heavy (non-hydrogen) atoms. The van der Waals surface area contributed by atoms with E-state index in [0.29, 0.717) is 17.5 Å². The van der Waals surface area contributed by atoms with Crippen molar-refractivity contribution >= 4 is 0 Å². The molecule has 1 aromatic rings. The summed E-state index contributed by atoms with van der Waals surface area (Å²) in [6.07, 6.45) is 7.27. The van der Waals surface area contributed by atoms with Gasteiger partial charge in [0, 0.05) is 23.6 Å². The second-order valence-electron chi connectivity index (χ2n) is 6.95. The van der Waals surface area contributed by atoms with Crippen molar-refractivity contribution in [3.63, 3.8) is 0 Å². The number of benzene rings is 1. The predicted octanol–water partition coefficient (Wildman–Crippen LogP) is 2.28. The number of ether oxygens (including phenoxy) is 1. The Balaban J connectivity index is 1.96. The van der Waals surface area contributed by atoms with E-state index in [4.69, 9.17) is 4.74 Å². The van der Waals surface area contributed by atoms with E-state index >= 15 is 0 Å². The average Bonchev–Trinajstić information content (AvgIpc) is 2.86. The van der Waals surface area contributed by atoms with Crippen LogP contribution in [0.15, 0.2) is 18.2 Å². The average molecular weight is 301 g/mol. The monoisotopic (exact) mass is 301 g/mol.